The highest BCUT2D eigenvalue weighted by Gasteiger charge is 2.14. The molecule has 0 amide bonds. The van der Waals surface area contributed by atoms with Gasteiger partial charge in [-0.2, -0.15) is 11.8 Å². The molecule has 0 unspecified atom stereocenters. The molecule has 6 heteroatoms. The molecule has 1 aromatic rings. The highest BCUT2D eigenvalue weighted by Crippen LogP contribution is 2.23. The Kier molecular flexibility index (Phi) is 4.12. The van der Waals surface area contributed by atoms with Crippen LogP contribution in [-0.4, -0.2) is 28.0 Å². The molecule has 0 aliphatic carbocycles. The molecule has 0 spiro atoms. The normalized spacial score (nSPS) is 17.3. The highest BCUT2D eigenvalue weighted by molar-refractivity contribution is 7.99. The zero-order chi connectivity index (χ0) is 11.4. The van der Waals surface area contributed by atoms with Gasteiger partial charge in [0.1, 0.15) is 5.02 Å². The van der Waals surface area contributed by atoms with E-state index in [2.05, 4.69) is 15.3 Å². The van der Waals surface area contributed by atoms with Gasteiger partial charge < -0.3 is 10.3 Å². The molecule has 1 aromatic heterocycles. The van der Waals surface area contributed by atoms with E-state index in [9.17, 15) is 4.79 Å². The lowest BCUT2D eigenvalue weighted by Gasteiger charge is -2.21. The van der Waals surface area contributed by atoms with Gasteiger partial charge in [-0.3, -0.25) is 4.79 Å². The number of nitrogens with one attached hydrogen (secondary N) is 2. The molecule has 0 radical (unpaired) electrons. The van der Waals surface area contributed by atoms with E-state index < -0.39 is 0 Å². The van der Waals surface area contributed by atoms with E-state index in [1.54, 1.807) is 0 Å². The van der Waals surface area contributed by atoms with Gasteiger partial charge in [-0.25, -0.2) is 4.98 Å². The van der Waals surface area contributed by atoms with Crippen LogP contribution >= 0.6 is 23.4 Å². The number of thioether (sulfide) groups is 1. The van der Waals surface area contributed by atoms with Crippen molar-refractivity contribution in [2.75, 3.05) is 23.4 Å². The van der Waals surface area contributed by atoms with Crippen molar-refractivity contribution in [1.29, 1.82) is 0 Å². The lowest BCUT2D eigenvalue weighted by Crippen LogP contribution is -2.21. The first-order valence-corrected chi connectivity index (χ1v) is 6.85. The molecule has 16 heavy (non-hydrogen) atoms. The molecule has 2 rings (SSSR count). The minimum absolute atomic E-state index is 0.146. The van der Waals surface area contributed by atoms with Gasteiger partial charge in [-0.1, -0.05) is 11.6 Å². The second-order valence-electron chi connectivity index (χ2n) is 3.83. The monoisotopic (exact) mass is 259 g/mol. The van der Waals surface area contributed by atoms with Crippen LogP contribution in [0.3, 0.4) is 0 Å². The quantitative estimate of drug-likeness (QED) is 0.872. The molecular formula is C10H14ClN3OS. The fourth-order valence-electron chi connectivity index (χ4n) is 1.70. The van der Waals surface area contributed by atoms with Crippen molar-refractivity contribution < 1.29 is 0 Å². The SMILES string of the molecule is O=c1[nH]cnc(NCC2CCSCC2)c1Cl. The maximum Gasteiger partial charge on any atom is 0.271 e. The molecule has 2 N–H and O–H groups in total. The first-order chi connectivity index (χ1) is 7.77. The van der Waals surface area contributed by atoms with Gasteiger partial charge in [-0.15, -0.1) is 0 Å². The van der Waals surface area contributed by atoms with Crippen LogP contribution in [0, 0.1) is 5.92 Å². The second-order valence-corrected chi connectivity index (χ2v) is 5.43. The number of nitrogens with zero attached hydrogens (tertiary/aromatic N) is 1. The second kappa shape index (κ2) is 5.59. The van der Waals surface area contributed by atoms with Crippen molar-refractivity contribution in [3.8, 4) is 0 Å². The van der Waals surface area contributed by atoms with E-state index in [0.29, 0.717) is 11.7 Å². The average molecular weight is 260 g/mol. The van der Waals surface area contributed by atoms with Crippen LogP contribution in [-0.2, 0) is 0 Å². The average Bonchev–Trinajstić information content (AvgIpc) is 2.32. The van der Waals surface area contributed by atoms with E-state index in [4.69, 9.17) is 11.6 Å². The Hall–Kier alpha value is -0.680. The number of hydrogen-bond acceptors (Lipinski definition) is 4. The lowest BCUT2D eigenvalue weighted by molar-refractivity contribution is 0.515. The lowest BCUT2D eigenvalue weighted by atomic mass is 10.0. The number of aromatic nitrogens is 2. The van der Waals surface area contributed by atoms with Gasteiger partial charge >= 0.3 is 0 Å². The molecule has 4 nitrogen and oxygen atoms in total. The number of aromatic amines is 1. The predicted octanol–water partition coefficient (Wildman–Crippen LogP) is 1.98. The van der Waals surface area contributed by atoms with Gasteiger partial charge in [0.15, 0.2) is 5.82 Å². The van der Waals surface area contributed by atoms with Crippen LogP contribution in [0.25, 0.3) is 0 Å². The van der Waals surface area contributed by atoms with E-state index in [1.807, 2.05) is 11.8 Å². The van der Waals surface area contributed by atoms with E-state index >= 15 is 0 Å². The molecule has 1 fully saturated rings. The van der Waals surface area contributed by atoms with Crippen LogP contribution in [0.4, 0.5) is 5.82 Å². The van der Waals surface area contributed by atoms with Crippen LogP contribution in [0.15, 0.2) is 11.1 Å². The summed E-state index contributed by atoms with van der Waals surface area (Å²) in [4.78, 5) is 17.7. The maximum atomic E-state index is 11.2. The molecule has 1 saturated heterocycles. The molecule has 0 saturated carbocycles. The van der Waals surface area contributed by atoms with Gasteiger partial charge in [0.25, 0.3) is 5.56 Å². The third kappa shape index (κ3) is 2.92. The Morgan fingerprint density at radius 1 is 1.56 bits per heavy atom. The zero-order valence-corrected chi connectivity index (χ0v) is 10.4. The fraction of sp³-hybridized carbons (Fsp3) is 0.600. The molecule has 1 aliphatic heterocycles. The smallest absolute Gasteiger partial charge is 0.271 e. The Morgan fingerprint density at radius 3 is 3.06 bits per heavy atom. The minimum Gasteiger partial charge on any atom is -0.368 e. The minimum atomic E-state index is -0.293. The molecule has 2 heterocycles. The summed E-state index contributed by atoms with van der Waals surface area (Å²) in [5, 5.41) is 3.30. The molecule has 1 aliphatic rings. The third-order valence-electron chi connectivity index (χ3n) is 2.70. The van der Waals surface area contributed by atoms with Crippen LogP contribution in [0.5, 0.6) is 0 Å². The number of halogens is 1. The van der Waals surface area contributed by atoms with E-state index in [0.717, 1.165) is 6.54 Å². The fourth-order valence-corrected chi connectivity index (χ4v) is 3.07. The van der Waals surface area contributed by atoms with Gasteiger partial charge in [0.2, 0.25) is 0 Å². The summed E-state index contributed by atoms with van der Waals surface area (Å²) in [6.45, 7) is 0.844. The summed E-state index contributed by atoms with van der Waals surface area (Å²) >= 11 is 7.84. The van der Waals surface area contributed by atoms with Crippen molar-refractivity contribution in [1.82, 2.24) is 9.97 Å². The summed E-state index contributed by atoms with van der Waals surface area (Å²) in [6, 6.07) is 0. The standard InChI is InChI=1S/C10H14ClN3OS/c11-8-9(13-6-14-10(8)15)12-5-7-1-3-16-4-2-7/h6-7H,1-5H2,(H2,12,13,14,15). The van der Waals surface area contributed by atoms with Crippen LogP contribution < -0.4 is 10.9 Å². The Balaban J connectivity index is 1.93. The van der Waals surface area contributed by atoms with Crippen LogP contribution in [0.2, 0.25) is 5.02 Å². The summed E-state index contributed by atoms with van der Waals surface area (Å²) in [5.74, 6) is 3.60. The van der Waals surface area contributed by atoms with Gasteiger partial charge in [0.05, 0.1) is 6.33 Å². The Morgan fingerprint density at radius 2 is 2.31 bits per heavy atom. The number of H-pyrrole nitrogens is 1. The number of anilines is 1. The van der Waals surface area contributed by atoms with Crippen molar-refractivity contribution in [2.45, 2.75) is 12.8 Å². The van der Waals surface area contributed by atoms with Crippen molar-refractivity contribution in [3.05, 3.63) is 21.7 Å². The number of rotatable bonds is 3. The summed E-state index contributed by atoms with van der Waals surface area (Å²) in [5.41, 5.74) is -0.293. The van der Waals surface area contributed by atoms with Crippen molar-refractivity contribution in [2.24, 2.45) is 5.92 Å². The Labute approximate surface area is 103 Å². The van der Waals surface area contributed by atoms with Crippen molar-refractivity contribution >= 4 is 29.2 Å². The third-order valence-corrected chi connectivity index (χ3v) is 4.10. The van der Waals surface area contributed by atoms with Gasteiger partial charge in [0, 0.05) is 6.54 Å². The first-order valence-electron chi connectivity index (χ1n) is 5.32. The van der Waals surface area contributed by atoms with Crippen molar-refractivity contribution in [3.63, 3.8) is 0 Å². The highest BCUT2D eigenvalue weighted by atomic mass is 35.5. The number of hydrogen-bond donors (Lipinski definition) is 2. The molecule has 0 atom stereocenters. The summed E-state index contributed by atoms with van der Waals surface area (Å²) in [7, 11) is 0. The molecule has 0 bridgehead atoms. The molecule has 88 valence electrons. The largest absolute Gasteiger partial charge is 0.368 e. The van der Waals surface area contributed by atoms with Crippen LogP contribution in [0.1, 0.15) is 12.8 Å². The molecular weight excluding hydrogens is 246 g/mol. The first kappa shape index (κ1) is 11.8. The summed E-state index contributed by atoms with van der Waals surface area (Å²) in [6.07, 6.45) is 3.81. The van der Waals surface area contributed by atoms with E-state index in [-0.39, 0.29) is 10.6 Å². The topological polar surface area (TPSA) is 57.8 Å². The predicted molar refractivity (Wildman–Crippen MR) is 68.4 cm³/mol. The maximum absolute atomic E-state index is 11.2. The molecule has 0 aromatic carbocycles. The zero-order valence-electron chi connectivity index (χ0n) is 8.83. The summed E-state index contributed by atoms with van der Waals surface area (Å²) < 4.78 is 0. The van der Waals surface area contributed by atoms with Gasteiger partial charge in [-0.05, 0) is 30.3 Å². The van der Waals surface area contributed by atoms with E-state index in [1.165, 1.54) is 30.7 Å². The Bertz CT molecular complexity index is 403.